The maximum Gasteiger partial charge on any atom is 0.122 e. The molecule has 0 spiro atoms. The Bertz CT molecular complexity index is 328. The van der Waals surface area contributed by atoms with Crippen molar-refractivity contribution < 1.29 is 19.3 Å². The summed E-state index contributed by atoms with van der Waals surface area (Å²) >= 11 is 0. The van der Waals surface area contributed by atoms with Crippen LogP contribution in [0.1, 0.15) is 18.9 Å². The van der Waals surface area contributed by atoms with E-state index in [9.17, 15) is 0 Å². The van der Waals surface area contributed by atoms with Gasteiger partial charge in [-0.2, -0.15) is 0 Å². The number of rotatable bonds is 11. The molecule has 0 aromatic heterocycles. The molecule has 0 aliphatic heterocycles. The van der Waals surface area contributed by atoms with Crippen molar-refractivity contribution in [2.75, 3.05) is 39.6 Å². The van der Waals surface area contributed by atoms with Crippen molar-refractivity contribution >= 4 is 0 Å². The lowest BCUT2D eigenvalue weighted by atomic mass is 10.1. The Hall–Kier alpha value is -1.10. The van der Waals surface area contributed by atoms with Gasteiger partial charge in [-0.3, -0.25) is 0 Å². The molecule has 4 heteroatoms. The average molecular weight is 268 g/mol. The zero-order chi connectivity index (χ0) is 13.8. The van der Waals surface area contributed by atoms with Crippen LogP contribution in [0.25, 0.3) is 0 Å². The third kappa shape index (κ3) is 7.15. The van der Waals surface area contributed by atoms with Gasteiger partial charge in [0.2, 0.25) is 0 Å². The highest BCUT2D eigenvalue weighted by atomic mass is 16.5. The molecule has 0 saturated heterocycles. The van der Waals surface area contributed by atoms with Gasteiger partial charge in [0.25, 0.3) is 0 Å². The third-order valence-electron chi connectivity index (χ3n) is 2.58. The standard InChI is InChI=1S/C15H24O4/c1-2-5-14-6-3-4-7-15(14)19-13-12-18-11-10-17-9-8-16/h3-4,6-7,16H,2,5,8-13H2,1H3. The van der Waals surface area contributed by atoms with Crippen molar-refractivity contribution in [3.63, 3.8) is 0 Å². The molecule has 0 aliphatic rings. The number of aryl methyl sites for hydroxylation is 1. The van der Waals surface area contributed by atoms with Crippen LogP contribution in [0.2, 0.25) is 0 Å². The first-order chi connectivity index (χ1) is 9.38. The minimum absolute atomic E-state index is 0.0529. The fourth-order valence-electron chi connectivity index (χ4n) is 1.72. The molecule has 1 N–H and O–H groups in total. The quantitative estimate of drug-likeness (QED) is 0.624. The smallest absolute Gasteiger partial charge is 0.122 e. The van der Waals surface area contributed by atoms with E-state index in [0.29, 0.717) is 33.0 Å². The first-order valence-electron chi connectivity index (χ1n) is 6.85. The van der Waals surface area contributed by atoms with Crippen LogP contribution in [0.5, 0.6) is 5.75 Å². The first kappa shape index (κ1) is 16.0. The summed E-state index contributed by atoms with van der Waals surface area (Å²) in [6, 6.07) is 8.11. The van der Waals surface area contributed by atoms with Gasteiger partial charge in [-0.25, -0.2) is 0 Å². The second-order valence-electron chi connectivity index (χ2n) is 4.15. The lowest BCUT2D eigenvalue weighted by Gasteiger charge is -2.11. The zero-order valence-electron chi connectivity index (χ0n) is 11.6. The molecule has 1 aromatic rings. The van der Waals surface area contributed by atoms with Gasteiger partial charge in [0.15, 0.2) is 0 Å². The summed E-state index contributed by atoms with van der Waals surface area (Å²) < 4.78 is 16.2. The van der Waals surface area contributed by atoms with E-state index < -0.39 is 0 Å². The molecule has 4 nitrogen and oxygen atoms in total. The van der Waals surface area contributed by atoms with Crippen LogP contribution in [0.3, 0.4) is 0 Å². The van der Waals surface area contributed by atoms with Gasteiger partial charge < -0.3 is 19.3 Å². The van der Waals surface area contributed by atoms with E-state index >= 15 is 0 Å². The predicted octanol–water partition coefficient (Wildman–Crippen LogP) is 2.04. The average Bonchev–Trinajstić information content (AvgIpc) is 2.44. The van der Waals surface area contributed by atoms with E-state index in [-0.39, 0.29) is 6.61 Å². The Morgan fingerprint density at radius 1 is 0.947 bits per heavy atom. The number of hydrogen-bond donors (Lipinski definition) is 1. The SMILES string of the molecule is CCCc1ccccc1OCCOCCOCCO. The van der Waals surface area contributed by atoms with Crippen molar-refractivity contribution in [1.29, 1.82) is 0 Å². The molecule has 0 fully saturated rings. The second kappa shape index (κ2) is 10.8. The highest BCUT2D eigenvalue weighted by Crippen LogP contribution is 2.19. The van der Waals surface area contributed by atoms with Crippen molar-refractivity contribution in [2.45, 2.75) is 19.8 Å². The second-order valence-corrected chi connectivity index (χ2v) is 4.15. The number of aliphatic hydroxyl groups excluding tert-OH is 1. The zero-order valence-corrected chi connectivity index (χ0v) is 11.6. The Balaban J connectivity index is 2.12. The normalized spacial score (nSPS) is 10.6. The summed E-state index contributed by atoms with van der Waals surface area (Å²) in [5.41, 5.74) is 1.25. The lowest BCUT2D eigenvalue weighted by molar-refractivity contribution is 0.0246. The van der Waals surface area contributed by atoms with Gasteiger partial charge in [-0.15, -0.1) is 0 Å². The summed E-state index contributed by atoms with van der Waals surface area (Å²) in [5, 5.41) is 8.52. The minimum Gasteiger partial charge on any atom is -0.491 e. The maximum absolute atomic E-state index is 8.52. The highest BCUT2D eigenvalue weighted by molar-refractivity contribution is 5.33. The number of benzene rings is 1. The van der Waals surface area contributed by atoms with E-state index in [2.05, 4.69) is 13.0 Å². The molecule has 19 heavy (non-hydrogen) atoms. The number of ether oxygens (including phenoxy) is 3. The molecule has 0 saturated carbocycles. The molecule has 0 radical (unpaired) electrons. The Labute approximate surface area is 115 Å². The molecule has 108 valence electrons. The molecule has 0 unspecified atom stereocenters. The maximum atomic E-state index is 8.52. The van der Waals surface area contributed by atoms with Gasteiger partial charge in [-0.05, 0) is 18.1 Å². The van der Waals surface area contributed by atoms with E-state index in [1.165, 1.54) is 5.56 Å². The molecule has 0 atom stereocenters. The van der Waals surface area contributed by atoms with Crippen LogP contribution in [-0.4, -0.2) is 44.7 Å². The highest BCUT2D eigenvalue weighted by Gasteiger charge is 2.01. The Morgan fingerprint density at radius 3 is 2.37 bits per heavy atom. The van der Waals surface area contributed by atoms with Crippen molar-refractivity contribution in [1.82, 2.24) is 0 Å². The summed E-state index contributed by atoms with van der Waals surface area (Å²) in [6.07, 6.45) is 2.14. The molecule has 1 rings (SSSR count). The van der Waals surface area contributed by atoms with Gasteiger partial charge in [-0.1, -0.05) is 31.5 Å². The van der Waals surface area contributed by atoms with E-state index in [1.807, 2.05) is 18.2 Å². The van der Waals surface area contributed by atoms with Gasteiger partial charge in [0.05, 0.1) is 33.0 Å². The number of hydrogen-bond acceptors (Lipinski definition) is 4. The molecule has 1 aromatic carbocycles. The lowest BCUT2D eigenvalue weighted by Crippen LogP contribution is -2.12. The van der Waals surface area contributed by atoms with Crippen LogP contribution < -0.4 is 4.74 Å². The minimum atomic E-state index is 0.0529. The van der Waals surface area contributed by atoms with E-state index in [1.54, 1.807) is 0 Å². The number of para-hydroxylation sites is 1. The topological polar surface area (TPSA) is 47.9 Å². The summed E-state index contributed by atoms with van der Waals surface area (Å²) in [5.74, 6) is 0.949. The van der Waals surface area contributed by atoms with Crippen molar-refractivity contribution in [3.8, 4) is 5.75 Å². The molecule has 0 amide bonds. The van der Waals surface area contributed by atoms with Crippen molar-refractivity contribution in [3.05, 3.63) is 29.8 Å². The monoisotopic (exact) mass is 268 g/mol. The molecular weight excluding hydrogens is 244 g/mol. The molecule has 0 bridgehead atoms. The predicted molar refractivity (Wildman–Crippen MR) is 74.7 cm³/mol. The molecule has 0 aliphatic carbocycles. The Morgan fingerprint density at radius 2 is 1.63 bits per heavy atom. The van der Waals surface area contributed by atoms with Crippen LogP contribution in [-0.2, 0) is 15.9 Å². The summed E-state index contributed by atoms with van der Waals surface area (Å²) in [4.78, 5) is 0. The van der Waals surface area contributed by atoms with E-state index in [4.69, 9.17) is 19.3 Å². The summed E-state index contributed by atoms with van der Waals surface area (Å²) in [6.45, 7) is 4.70. The fourth-order valence-corrected chi connectivity index (χ4v) is 1.72. The van der Waals surface area contributed by atoms with Gasteiger partial charge in [0, 0.05) is 0 Å². The van der Waals surface area contributed by atoms with Crippen LogP contribution in [0.15, 0.2) is 24.3 Å². The molecule has 0 heterocycles. The van der Waals surface area contributed by atoms with Crippen LogP contribution in [0, 0.1) is 0 Å². The Kier molecular flexibility index (Phi) is 9.06. The van der Waals surface area contributed by atoms with Crippen LogP contribution in [0.4, 0.5) is 0 Å². The van der Waals surface area contributed by atoms with Gasteiger partial charge in [0.1, 0.15) is 12.4 Å². The van der Waals surface area contributed by atoms with Crippen LogP contribution >= 0.6 is 0 Å². The fraction of sp³-hybridized carbons (Fsp3) is 0.600. The van der Waals surface area contributed by atoms with Gasteiger partial charge >= 0.3 is 0 Å². The van der Waals surface area contributed by atoms with Crippen molar-refractivity contribution in [2.24, 2.45) is 0 Å². The van der Waals surface area contributed by atoms with E-state index in [0.717, 1.165) is 18.6 Å². The molecular formula is C15H24O4. The number of aliphatic hydroxyl groups is 1. The first-order valence-corrected chi connectivity index (χ1v) is 6.85. The largest absolute Gasteiger partial charge is 0.491 e. The third-order valence-corrected chi connectivity index (χ3v) is 2.58. The summed E-state index contributed by atoms with van der Waals surface area (Å²) in [7, 11) is 0.